The average Bonchev–Trinajstić information content (AvgIpc) is 3.37. The molecule has 0 aliphatic rings. The standard InChI is InChI=1S/C27H23N3OS/c1-16-12-13-19(18(3)14-16)21-15-28-25(30-26(31)20-9-5-4-8-17(20)2)24(21)27-29-22-10-6-7-11-23(22)32-27/h4-15,28H,1-3H3,(H,30,31). The molecule has 0 fully saturated rings. The summed E-state index contributed by atoms with van der Waals surface area (Å²) in [6.45, 7) is 6.15. The van der Waals surface area contributed by atoms with Crippen molar-refractivity contribution in [2.45, 2.75) is 20.8 Å². The zero-order valence-electron chi connectivity index (χ0n) is 18.2. The van der Waals surface area contributed by atoms with Gasteiger partial charge in [-0.15, -0.1) is 11.3 Å². The van der Waals surface area contributed by atoms with Crippen LogP contribution in [0.3, 0.4) is 0 Å². The Bertz CT molecular complexity index is 1430. The Balaban J connectivity index is 1.66. The number of nitrogens with zero attached hydrogens (tertiary/aromatic N) is 1. The van der Waals surface area contributed by atoms with Gasteiger partial charge in [0, 0.05) is 17.3 Å². The van der Waals surface area contributed by atoms with Crippen molar-refractivity contribution >= 4 is 33.3 Å². The molecule has 0 radical (unpaired) electrons. The largest absolute Gasteiger partial charge is 0.347 e. The first kappa shape index (κ1) is 20.2. The summed E-state index contributed by atoms with van der Waals surface area (Å²) in [5, 5.41) is 3.98. The second kappa shape index (κ2) is 8.09. The summed E-state index contributed by atoms with van der Waals surface area (Å²) < 4.78 is 1.12. The SMILES string of the molecule is Cc1ccc(-c2c[nH]c(NC(=O)c3ccccc3C)c2-c2nc3ccccc3s2)c(C)c1. The van der Waals surface area contributed by atoms with E-state index in [0.29, 0.717) is 11.4 Å². The number of amides is 1. The molecule has 158 valence electrons. The molecule has 0 saturated heterocycles. The Labute approximate surface area is 191 Å². The molecule has 0 saturated carbocycles. The van der Waals surface area contributed by atoms with Crippen LogP contribution >= 0.6 is 11.3 Å². The van der Waals surface area contributed by atoms with Crippen molar-refractivity contribution in [1.82, 2.24) is 9.97 Å². The van der Waals surface area contributed by atoms with Gasteiger partial charge in [0.05, 0.1) is 15.8 Å². The van der Waals surface area contributed by atoms with Crippen LogP contribution in [-0.2, 0) is 0 Å². The monoisotopic (exact) mass is 437 g/mol. The topological polar surface area (TPSA) is 57.8 Å². The van der Waals surface area contributed by atoms with Crippen molar-refractivity contribution in [3.63, 3.8) is 0 Å². The van der Waals surface area contributed by atoms with E-state index in [1.165, 1.54) is 11.1 Å². The van der Waals surface area contributed by atoms with Gasteiger partial charge in [-0.1, -0.05) is 54.1 Å². The molecule has 1 amide bonds. The van der Waals surface area contributed by atoms with Crippen molar-refractivity contribution in [2.24, 2.45) is 0 Å². The molecule has 5 rings (SSSR count). The normalized spacial score (nSPS) is 11.1. The summed E-state index contributed by atoms with van der Waals surface area (Å²) in [5.74, 6) is 0.520. The third-order valence-corrected chi connectivity index (χ3v) is 6.74. The lowest BCUT2D eigenvalue weighted by Crippen LogP contribution is -2.14. The number of carbonyl (C=O) groups is 1. The number of para-hydroxylation sites is 1. The van der Waals surface area contributed by atoms with Crippen molar-refractivity contribution in [3.05, 3.63) is 95.2 Å². The van der Waals surface area contributed by atoms with Crippen molar-refractivity contribution in [2.75, 3.05) is 5.32 Å². The molecule has 2 N–H and O–H groups in total. The number of aryl methyl sites for hydroxylation is 3. The Morgan fingerprint density at radius 1 is 0.906 bits per heavy atom. The zero-order valence-corrected chi connectivity index (χ0v) is 19.0. The molecule has 4 nitrogen and oxygen atoms in total. The molecular formula is C27H23N3OS. The molecule has 2 heterocycles. The number of thiazole rings is 1. The van der Waals surface area contributed by atoms with E-state index in [1.807, 2.05) is 55.6 Å². The van der Waals surface area contributed by atoms with Gasteiger partial charge in [0.25, 0.3) is 5.91 Å². The fraction of sp³-hybridized carbons (Fsp3) is 0.111. The fourth-order valence-corrected chi connectivity index (χ4v) is 5.09. The van der Waals surface area contributed by atoms with E-state index < -0.39 is 0 Å². The van der Waals surface area contributed by atoms with E-state index in [-0.39, 0.29) is 5.91 Å². The minimum atomic E-state index is -0.139. The summed E-state index contributed by atoms with van der Waals surface area (Å²) in [6, 6.07) is 22.1. The Hall–Kier alpha value is -3.70. The van der Waals surface area contributed by atoms with Gasteiger partial charge >= 0.3 is 0 Å². The molecule has 0 atom stereocenters. The molecular weight excluding hydrogens is 414 g/mol. The number of hydrogen-bond acceptors (Lipinski definition) is 3. The van der Waals surface area contributed by atoms with Gasteiger partial charge in [0.1, 0.15) is 10.8 Å². The van der Waals surface area contributed by atoms with Crippen LogP contribution in [0, 0.1) is 20.8 Å². The maximum Gasteiger partial charge on any atom is 0.257 e. The molecule has 0 aliphatic carbocycles. The van der Waals surface area contributed by atoms with Gasteiger partial charge in [-0.3, -0.25) is 4.79 Å². The highest BCUT2D eigenvalue weighted by atomic mass is 32.1. The van der Waals surface area contributed by atoms with Crippen LogP contribution in [-0.4, -0.2) is 15.9 Å². The van der Waals surface area contributed by atoms with Gasteiger partial charge < -0.3 is 10.3 Å². The Morgan fingerprint density at radius 3 is 2.47 bits per heavy atom. The number of aromatic amines is 1. The highest BCUT2D eigenvalue weighted by Gasteiger charge is 2.22. The number of anilines is 1. The lowest BCUT2D eigenvalue weighted by Gasteiger charge is -2.10. The van der Waals surface area contributed by atoms with E-state index in [4.69, 9.17) is 4.98 Å². The summed E-state index contributed by atoms with van der Waals surface area (Å²) >= 11 is 1.63. The van der Waals surface area contributed by atoms with Crippen LogP contribution < -0.4 is 5.32 Å². The van der Waals surface area contributed by atoms with Crippen LogP contribution in [0.1, 0.15) is 27.0 Å². The lowest BCUT2D eigenvalue weighted by molar-refractivity contribution is 0.102. The number of carbonyl (C=O) groups excluding carboxylic acids is 1. The van der Waals surface area contributed by atoms with E-state index in [2.05, 4.69) is 48.4 Å². The van der Waals surface area contributed by atoms with Gasteiger partial charge in [-0.2, -0.15) is 0 Å². The first-order valence-corrected chi connectivity index (χ1v) is 11.3. The molecule has 5 aromatic rings. The maximum absolute atomic E-state index is 13.1. The summed E-state index contributed by atoms with van der Waals surface area (Å²) in [5.41, 5.74) is 8.02. The fourth-order valence-electron chi connectivity index (χ4n) is 4.06. The first-order valence-electron chi connectivity index (χ1n) is 10.5. The van der Waals surface area contributed by atoms with Gasteiger partial charge in [0.15, 0.2) is 0 Å². The van der Waals surface area contributed by atoms with Crippen LogP contribution in [0.5, 0.6) is 0 Å². The predicted molar refractivity (Wildman–Crippen MR) is 133 cm³/mol. The number of H-pyrrole nitrogens is 1. The van der Waals surface area contributed by atoms with Crippen LogP contribution in [0.15, 0.2) is 72.9 Å². The van der Waals surface area contributed by atoms with Gasteiger partial charge in [-0.25, -0.2) is 4.98 Å². The number of benzene rings is 3. The van der Waals surface area contributed by atoms with Crippen molar-refractivity contribution < 1.29 is 4.79 Å². The number of hydrogen-bond donors (Lipinski definition) is 2. The van der Waals surface area contributed by atoms with E-state index >= 15 is 0 Å². The third kappa shape index (κ3) is 3.61. The first-order chi connectivity index (χ1) is 15.5. The van der Waals surface area contributed by atoms with Crippen molar-refractivity contribution in [3.8, 4) is 21.7 Å². The Morgan fingerprint density at radius 2 is 1.69 bits per heavy atom. The quantitative estimate of drug-likeness (QED) is 0.314. The maximum atomic E-state index is 13.1. The van der Waals surface area contributed by atoms with Crippen molar-refractivity contribution in [1.29, 1.82) is 0 Å². The van der Waals surface area contributed by atoms with Crippen LogP contribution in [0.2, 0.25) is 0 Å². The summed E-state index contributed by atoms with van der Waals surface area (Å²) in [6.07, 6.45) is 1.96. The summed E-state index contributed by atoms with van der Waals surface area (Å²) in [4.78, 5) is 21.3. The van der Waals surface area contributed by atoms with E-state index in [1.54, 1.807) is 11.3 Å². The number of fused-ring (bicyclic) bond motifs is 1. The highest BCUT2D eigenvalue weighted by molar-refractivity contribution is 7.21. The zero-order chi connectivity index (χ0) is 22.2. The number of nitrogens with one attached hydrogen (secondary N) is 2. The number of rotatable bonds is 4. The van der Waals surface area contributed by atoms with E-state index in [0.717, 1.165) is 37.5 Å². The molecule has 32 heavy (non-hydrogen) atoms. The highest BCUT2D eigenvalue weighted by Crippen LogP contribution is 2.42. The van der Waals surface area contributed by atoms with Crippen LogP contribution in [0.25, 0.3) is 31.9 Å². The molecule has 2 aromatic heterocycles. The second-order valence-electron chi connectivity index (χ2n) is 8.03. The minimum Gasteiger partial charge on any atom is -0.347 e. The average molecular weight is 438 g/mol. The molecule has 0 unspecified atom stereocenters. The molecule has 0 spiro atoms. The molecule has 3 aromatic carbocycles. The second-order valence-corrected chi connectivity index (χ2v) is 9.06. The Kier molecular flexibility index (Phi) is 5.11. The molecule has 0 bridgehead atoms. The summed E-state index contributed by atoms with van der Waals surface area (Å²) in [7, 11) is 0. The third-order valence-electron chi connectivity index (χ3n) is 5.69. The predicted octanol–water partition coefficient (Wildman–Crippen LogP) is 7.14. The molecule has 5 heteroatoms. The van der Waals surface area contributed by atoms with Crippen LogP contribution in [0.4, 0.5) is 5.82 Å². The van der Waals surface area contributed by atoms with E-state index in [9.17, 15) is 4.79 Å². The van der Waals surface area contributed by atoms with Gasteiger partial charge in [-0.05, 0) is 55.7 Å². The minimum absolute atomic E-state index is 0.139. The molecule has 0 aliphatic heterocycles. The van der Waals surface area contributed by atoms with Gasteiger partial charge in [0.2, 0.25) is 0 Å². The smallest absolute Gasteiger partial charge is 0.257 e. The lowest BCUT2D eigenvalue weighted by atomic mass is 9.98. The number of aromatic nitrogens is 2.